The number of aliphatic hydroxyl groups is 1. The van der Waals surface area contributed by atoms with Gasteiger partial charge in [0.1, 0.15) is 0 Å². The summed E-state index contributed by atoms with van der Waals surface area (Å²) < 4.78 is 40.2. The highest BCUT2D eigenvalue weighted by Crippen LogP contribution is 2.34. The second kappa shape index (κ2) is 7.58. The predicted molar refractivity (Wildman–Crippen MR) is 98.4 cm³/mol. The van der Waals surface area contributed by atoms with E-state index in [1.54, 1.807) is 42.5 Å². The number of hydrogen-bond acceptors (Lipinski definition) is 2. The number of halogens is 3. The van der Waals surface area contributed by atoms with Crippen molar-refractivity contribution in [3.63, 3.8) is 0 Å². The third-order valence-electron chi connectivity index (χ3n) is 4.15. The molecule has 1 atom stereocenters. The molecule has 5 heteroatoms. The van der Waals surface area contributed by atoms with Crippen LogP contribution in [-0.4, -0.2) is 22.7 Å². The Morgan fingerprint density at radius 1 is 0.963 bits per heavy atom. The van der Waals surface area contributed by atoms with Crippen LogP contribution in [0.25, 0.3) is 0 Å². The average molecular weight is 374 g/mol. The van der Waals surface area contributed by atoms with Crippen molar-refractivity contribution in [3.8, 4) is 11.8 Å². The van der Waals surface area contributed by atoms with Crippen LogP contribution >= 0.6 is 0 Å². The van der Waals surface area contributed by atoms with Gasteiger partial charge >= 0.3 is 6.18 Å². The molecule has 0 heterocycles. The zero-order chi connectivity index (χ0) is 20.3. The van der Waals surface area contributed by atoms with E-state index in [-0.39, 0.29) is 11.0 Å². The third kappa shape index (κ3) is 5.21. The van der Waals surface area contributed by atoms with Crippen molar-refractivity contribution in [2.75, 3.05) is 0 Å². The lowest BCUT2D eigenvalue weighted by Gasteiger charge is -2.24. The van der Waals surface area contributed by atoms with Gasteiger partial charge in [-0.1, -0.05) is 75.1 Å². The Balaban J connectivity index is 2.30. The van der Waals surface area contributed by atoms with E-state index < -0.39 is 24.0 Å². The van der Waals surface area contributed by atoms with Crippen LogP contribution in [0.3, 0.4) is 0 Å². The van der Waals surface area contributed by atoms with E-state index in [1.165, 1.54) is 12.1 Å². The molecule has 1 N–H and O–H groups in total. The van der Waals surface area contributed by atoms with E-state index >= 15 is 0 Å². The minimum absolute atomic E-state index is 0.0940. The lowest BCUT2D eigenvalue weighted by molar-refractivity contribution is -0.233. The molecule has 0 aromatic heterocycles. The third-order valence-corrected chi connectivity index (χ3v) is 4.15. The van der Waals surface area contributed by atoms with Crippen LogP contribution in [0.2, 0.25) is 0 Å². The number of alkyl halides is 3. The molecule has 0 amide bonds. The Kier molecular flexibility index (Phi) is 5.82. The molecule has 0 fully saturated rings. The smallest absolute Gasteiger partial charge is 0.369 e. The average Bonchev–Trinajstić information content (AvgIpc) is 2.59. The Morgan fingerprint density at radius 2 is 1.52 bits per heavy atom. The summed E-state index contributed by atoms with van der Waals surface area (Å²) in [7, 11) is 0. The standard InChI is InChI=1S/C22H21F3O2/c1-20(2,3)18-11-9-16(10-12-18)13-14-21(27,22(23,24)25)15-19(26)17-7-5-4-6-8-17/h4-12,27H,15H2,1-3H3. The summed E-state index contributed by atoms with van der Waals surface area (Å²) >= 11 is 0. The van der Waals surface area contributed by atoms with Crippen LogP contribution in [0.1, 0.15) is 48.7 Å². The number of hydrogen-bond donors (Lipinski definition) is 1. The maximum Gasteiger partial charge on any atom is 0.429 e. The zero-order valence-electron chi connectivity index (χ0n) is 15.4. The Hall–Kier alpha value is -2.58. The maximum absolute atomic E-state index is 13.4. The monoisotopic (exact) mass is 374 g/mol. The van der Waals surface area contributed by atoms with Gasteiger partial charge in [-0.2, -0.15) is 13.2 Å². The molecule has 27 heavy (non-hydrogen) atoms. The summed E-state index contributed by atoms with van der Waals surface area (Å²) in [6, 6.07) is 14.3. The van der Waals surface area contributed by atoms with Crippen LogP contribution < -0.4 is 0 Å². The summed E-state index contributed by atoms with van der Waals surface area (Å²) in [5.41, 5.74) is -2.07. The number of rotatable bonds is 3. The molecule has 0 saturated carbocycles. The van der Waals surface area contributed by atoms with Gasteiger partial charge in [0.05, 0.1) is 6.42 Å². The summed E-state index contributed by atoms with van der Waals surface area (Å²) in [6.07, 6.45) is -6.22. The van der Waals surface area contributed by atoms with Gasteiger partial charge < -0.3 is 5.11 Å². The lowest BCUT2D eigenvalue weighted by Crippen LogP contribution is -2.45. The van der Waals surface area contributed by atoms with Gasteiger partial charge in [-0.15, -0.1) is 0 Å². The first-order valence-corrected chi connectivity index (χ1v) is 8.43. The minimum Gasteiger partial charge on any atom is -0.369 e. The van der Waals surface area contributed by atoms with E-state index in [1.807, 2.05) is 26.7 Å². The first kappa shape index (κ1) is 20.7. The van der Waals surface area contributed by atoms with Crippen molar-refractivity contribution in [2.24, 2.45) is 0 Å². The van der Waals surface area contributed by atoms with Crippen molar-refractivity contribution >= 4 is 5.78 Å². The van der Waals surface area contributed by atoms with Gasteiger partial charge in [0.15, 0.2) is 5.78 Å². The first-order chi connectivity index (χ1) is 12.4. The summed E-state index contributed by atoms with van der Waals surface area (Å²) in [5.74, 6) is 3.40. The zero-order valence-corrected chi connectivity index (χ0v) is 15.4. The van der Waals surface area contributed by atoms with Gasteiger partial charge in [0.25, 0.3) is 0 Å². The van der Waals surface area contributed by atoms with Crippen LogP contribution in [0.15, 0.2) is 54.6 Å². The van der Waals surface area contributed by atoms with Crippen LogP contribution in [0.4, 0.5) is 13.2 Å². The minimum atomic E-state index is -5.06. The molecular weight excluding hydrogens is 353 g/mol. The summed E-state index contributed by atoms with van der Waals surface area (Å²) in [4.78, 5) is 12.1. The largest absolute Gasteiger partial charge is 0.429 e. The van der Waals surface area contributed by atoms with Crippen LogP contribution in [-0.2, 0) is 5.41 Å². The molecular formula is C22H21F3O2. The molecule has 1 unspecified atom stereocenters. The van der Waals surface area contributed by atoms with Crippen molar-refractivity contribution in [2.45, 2.75) is 44.4 Å². The summed E-state index contributed by atoms with van der Waals surface area (Å²) in [6.45, 7) is 6.06. The highest BCUT2D eigenvalue weighted by molar-refractivity contribution is 5.97. The number of carbonyl (C=O) groups is 1. The van der Waals surface area contributed by atoms with E-state index in [0.717, 1.165) is 5.56 Å². The second-order valence-electron chi connectivity index (χ2n) is 7.40. The van der Waals surface area contributed by atoms with Crippen molar-refractivity contribution < 1.29 is 23.1 Å². The van der Waals surface area contributed by atoms with Crippen LogP contribution in [0.5, 0.6) is 0 Å². The number of carbonyl (C=O) groups excluding carboxylic acids is 1. The molecule has 2 aromatic carbocycles. The van der Waals surface area contributed by atoms with Crippen molar-refractivity contribution in [1.29, 1.82) is 0 Å². The van der Waals surface area contributed by atoms with Crippen molar-refractivity contribution in [3.05, 3.63) is 71.3 Å². The van der Waals surface area contributed by atoms with Gasteiger partial charge in [-0.25, -0.2) is 0 Å². The molecule has 0 saturated heterocycles. The summed E-state index contributed by atoms with van der Waals surface area (Å²) in [5, 5.41) is 10.1. The predicted octanol–water partition coefficient (Wildman–Crippen LogP) is 4.90. The molecule has 0 aliphatic carbocycles. The molecule has 0 aliphatic rings. The first-order valence-electron chi connectivity index (χ1n) is 8.43. The van der Waals surface area contributed by atoms with Crippen LogP contribution in [0, 0.1) is 11.8 Å². The van der Waals surface area contributed by atoms with Gasteiger partial charge in [0.2, 0.25) is 5.60 Å². The SMILES string of the molecule is CC(C)(C)c1ccc(C#CC(O)(CC(=O)c2ccccc2)C(F)(F)F)cc1. The molecule has 2 aromatic rings. The van der Waals surface area contributed by atoms with E-state index in [2.05, 4.69) is 5.92 Å². The molecule has 2 rings (SSSR count). The quantitative estimate of drug-likeness (QED) is 0.613. The maximum atomic E-state index is 13.4. The Morgan fingerprint density at radius 3 is 2.00 bits per heavy atom. The normalized spacial score (nSPS) is 14.0. The van der Waals surface area contributed by atoms with Crippen molar-refractivity contribution in [1.82, 2.24) is 0 Å². The lowest BCUT2D eigenvalue weighted by atomic mass is 9.86. The fraction of sp³-hybridized carbons (Fsp3) is 0.318. The Bertz CT molecular complexity index is 851. The van der Waals surface area contributed by atoms with Gasteiger partial charge in [-0.05, 0) is 23.1 Å². The second-order valence-corrected chi connectivity index (χ2v) is 7.40. The molecule has 142 valence electrons. The fourth-order valence-electron chi connectivity index (χ4n) is 2.40. The molecule has 0 bridgehead atoms. The Labute approximate surface area is 157 Å². The number of Topliss-reactive ketones (excluding diaryl/α,β-unsaturated/α-hetero) is 1. The number of benzene rings is 2. The fourth-order valence-corrected chi connectivity index (χ4v) is 2.40. The van der Waals surface area contributed by atoms with E-state index in [4.69, 9.17) is 0 Å². The molecule has 0 aliphatic heterocycles. The van der Waals surface area contributed by atoms with Gasteiger partial charge in [-0.3, -0.25) is 4.79 Å². The molecule has 2 nitrogen and oxygen atoms in total. The topological polar surface area (TPSA) is 37.3 Å². The van der Waals surface area contributed by atoms with Gasteiger partial charge in [0, 0.05) is 11.1 Å². The van der Waals surface area contributed by atoms with E-state index in [9.17, 15) is 23.1 Å². The number of ketones is 1. The molecule has 0 spiro atoms. The molecule has 0 radical (unpaired) electrons. The highest BCUT2D eigenvalue weighted by Gasteiger charge is 2.54. The highest BCUT2D eigenvalue weighted by atomic mass is 19.4. The van der Waals surface area contributed by atoms with E-state index in [0.29, 0.717) is 5.56 Å².